The van der Waals surface area contributed by atoms with Crippen molar-refractivity contribution < 1.29 is 9.90 Å². The van der Waals surface area contributed by atoms with Gasteiger partial charge < -0.3 is 10.4 Å². The Morgan fingerprint density at radius 3 is 2.83 bits per heavy atom. The highest BCUT2D eigenvalue weighted by atomic mass is 32.1. The topological polar surface area (TPSA) is 49.3 Å². The highest BCUT2D eigenvalue weighted by Crippen LogP contribution is 2.21. The molecule has 0 fully saturated rings. The Kier molecular flexibility index (Phi) is 4.16. The number of rotatable bonds is 4. The average Bonchev–Trinajstić information content (AvgIpc) is 2.97. The molecule has 1 atom stereocenters. The van der Waals surface area contributed by atoms with Gasteiger partial charge in [-0.05, 0) is 47.9 Å². The van der Waals surface area contributed by atoms with Crippen LogP contribution < -0.4 is 5.32 Å². The Labute approximate surface area is 114 Å². The zero-order valence-corrected chi connectivity index (χ0v) is 11.9. The number of nitrogens with one attached hydrogen (secondary N) is 1. The van der Waals surface area contributed by atoms with E-state index in [9.17, 15) is 9.90 Å². The number of amides is 1. The van der Waals surface area contributed by atoms with E-state index < -0.39 is 6.10 Å². The Morgan fingerprint density at radius 2 is 2.28 bits per heavy atom. The van der Waals surface area contributed by atoms with Crippen molar-refractivity contribution in [2.24, 2.45) is 0 Å². The third-order valence-electron chi connectivity index (χ3n) is 2.77. The van der Waals surface area contributed by atoms with Gasteiger partial charge in [-0.1, -0.05) is 0 Å². The van der Waals surface area contributed by atoms with E-state index in [0.29, 0.717) is 4.88 Å². The minimum Gasteiger partial charge on any atom is -0.387 e. The molecule has 0 bridgehead atoms. The summed E-state index contributed by atoms with van der Waals surface area (Å²) in [7, 11) is 0. The predicted molar refractivity (Wildman–Crippen MR) is 75.4 cm³/mol. The van der Waals surface area contributed by atoms with Crippen molar-refractivity contribution in [1.29, 1.82) is 0 Å². The van der Waals surface area contributed by atoms with Gasteiger partial charge in [0.25, 0.3) is 5.91 Å². The monoisotopic (exact) mass is 281 g/mol. The lowest BCUT2D eigenvalue weighted by Crippen LogP contribution is -2.27. The number of hydrogen-bond acceptors (Lipinski definition) is 4. The van der Waals surface area contributed by atoms with Gasteiger partial charge in [-0.2, -0.15) is 11.3 Å². The highest BCUT2D eigenvalue weighted by molar-refractivity contribution is 7.14. The van der Waals surface area contributed by atoms with Crippen molar-refractivity contribution in [3.63, 3.8) is 0 Å². The van der Waals surface area contributed by atoms with Crippen molar-refractivity contribution in [3.8, 4) is 0 Å². The molecule has 1 amide bonds. The molecule has 0 aliphatic rings. The fraction of sp³-hybridized carbons (Fsp3) is 0.308. The van der Waals surface area contributed by atoms with E-state index in [1.54, 1.807) is 0 Å². The van der Waals surface area contributed by atoms with E-state index in [-0.39, 0.29) is 12.5 Å². The van der Waals surface area contributed by atoms with Crippen LogP contribution in [0.3, 0.4) is 0 Å². The quantitative estimate of drug-likeness (QED) is 0.905. The van der Waals surface area contributed by atoms with Crippen molar-refractivity contribution in [3.05, 3.63) is 43.8 Å². The summed E-state index contributed by atoms with van der Waals surface area (Å²) in [4.78, 5) is 13.7. The van der Waals surface area contributed by atoms with Gasteiger partial charge in [0.1, 0.15) is 0 Å². The first kappa shape index (κ1) is 13.3. The maximum Gasteiger partial charge on any atom is 0.261 e. The molecule has 0 aromatic carbocycles. The molecule has 2 aromatic rings. The van der Waals surface area contributed by atoms with Crippen molar-refractivity contribution >= 4 is 28.6 Å². The zero-order valence-electron chi connectivity index (χ0n) is 10.3. The van der Waals surface area contributed by atoms with Crippen molar-refractivity contribution in [2.75, 3.05) is 6.54 Å². The summed E-state index contributed by atoms with van der Waals surface area (Å²) >= 11 is 3.01. The fourth-order valence-corrected chi connectivity index (χ4v) is 3.20. The Morgan fingerprint density at radius 1 is 1.50 bits per heavy atom. The molecule has 1 unspecified atom stereocenters. The first-order valence-corrected chi connectivity index (χ1v) is 7.39. The number of aryl methyl sites for hydroxylation is 2. The lowest BCUT2D eigenvalue weighted by atomic mass is 10.2. The molecule has 96 valence electrons. The summed E-state index contributed by atoms with van der Waals surface area (Å²) in [6, 6.07) is 3.74. The first-order valence-electron chi connectivity index (χ1n) is 5.63. The van der Waals surface area contributed by atoms with Crippen LogP contribution in [0, 0.1) is 13.8 Å². The van der Waals surface area contributed by atoms with Crippen LogP contribution in [-0.4, -0.2) is 17.6 Å². The normalized spacial score (nSPS) is 12.4. The zero-order chi connectivity index (χ0) is 13.1. The molecule has 2 heterocycles. The van der Waals surface area contributed by atoms with Gasteiger partial charge in [0.05, 0.1) is 11.0 Å². The second-order valence-electron chi connectivity index (χ2n) is 4.13. The van der Waals surface area contributed by atoms with Crippen LogP contribution in [0.15, 0.2) is 22.9 Å². The van der Waals surface area contributed by atoms with E-state index >= 15 is 0 Å². The first-order chi connectivity index (χ1) is 8.58. The molecular weight excluding hydrogens is 266 g/mol. The number of aliphatic hydroxyl groups is 1. The number of aliphatic hydroxyl groups excluding tert-OH is 1. The van der Waals surface area contributed by atoms with Crippen LogP contribution in [0.2, 0.25) is 0 Å². The molecule has 2 aromatic heterocycles. The number of thiophene rings is 2. The van der Waals surface area contributed by atoms with Crippen LogP contribution in [0.5, 0.6) is 0 Å². The second-order valence-corrected chi connectivity index (χ2v) is 6.17. The third kappa shape index (κ3) is 2.98. The van der Waals surface area contributed by atoms with E-state index in [1.807, 2.05) is 36.7 Å². The van der Waals surface area contributed by atoms with Crippen LogP contribution in [0.4, 0.5) is 0 Å². The van der Waals surface area contributed by atoms with E-state index in [1.165, 1.54) is 22.7 Å². The number of carbonyl (C=O) groups excluding carboxylic acids is 1. The standard InChI is InChI=1S/C13H15NO2S2/c1-8-5-12(18-9(8)2)13(16)14-6-11(15)10-3-4-17-7-10/h3-5,7,11,15H,6H2,1-2H3,(H,14,16). The summed E-state index contributed by atoms with van der Waals surface area (Å²) in [6.45, 7) is 4.23. The summed E-state index contributed by atoms with van der Waals surface area (Å²) in [5, 5.41) is 16.4. The van der Waals surface area contributed by atoms with Crippen LogP contribution in [0.25, 0.3) is 0 Å². The minimum absolute atomic E-state index is 0.120. The molecule has 0 radical (unpaired) electrons. The largest absolute Gasteiger partial charge is 0.387 e. The maximum atomic E-state index is 11.9. The van der Waals surface area contributed by atoms with E-state index in [0.717, 1.165) is 16.0 Å². The molecule has 0 aliphatic carbocycles. The average molecular weight is 281 g/mol. The van der Waals surface area contributed by atoms with Crippen molar-refractivity contribution in [2.45, 2.75) is 20.0 Å². The summed E-state index contributed by atoms with van der Waals surface area (Å²) < 4.78 is 0. The van der Waals surface area contributed by atoms with Crippen LogP contribution >= 0.6 is 22.7 Å². The van der Waals surface area contributed by atoms with Gasteiger partial charge in [-0.25, -0.2) is 0 Å². The van der Waals surface area contributed by atoms with E-state index in [4.69, 9.17) is 0 Å². The highest BCUT2D eigenvalue weighted by Gasteiger charge is 2.13. The lowest BCUT2D eigenvalue weighted by molar-refractivity contribution is 0.0920. The summed E-state index contributed by atoms with van der Waals surface area (Å²) in [5.41, 5.74) is 1.97. The minimum atomic E-state index is -0.637. The van der Waals surface area contributed by atoms with Gasteiger partial charge in [0, 0.05) is 11.4 Å². The Hall–Kier alpha value is -1.17. The molecule has 5 heteroatoms. The fourth-order valence-electron chi connectivity index (χ4n) is 1.54. The molecular formula is C13H15NO2S2. The van der Waals surface area contributed by atoms with Gasteiger partial charge in [0.2, 0.25) is 0 Å². The van der Waals surface area contributed by atoms with Crippen LogP contribution in [-0.2, 0) is 0 Å². The van der Waals surface area contributed by atoms with Gasteiger partial charge in [-0.3, -0.25) is 4.79 Å². The van der Waals surface area contributed by atoms with Gasteiger partial charge in [-0.15, -0.1) is 11.3 Å². The Bertz CT molecular complexity index is 512. The second kappa shape index (κ2) is 5.65. The molecule has 3 nitrogen and oxygen atoms in total. The molecule has 18 heavy (non-hydrogen) atoms. The molecule has 2 N–H and O–H groups in total. The van der Waals surface area contributed by atoms with E-state index in [2.05, 4.69) is 5.32 Å². The third-order valence-corrected chi connectivity index (χ3v) is 4.63. The Balaban J connectivity index is 1.92. The molecule has 0 spiro atoms. The SMILES string of the molecule is Cc1cc(C(=O)NCC(O)c2ccsc2)sc1C. The molecule has 0 saturated heterocycles. The van der Waals surface area contributed by atoms with Gasteiger partial charge >= 0.3 is 0 Å². The van der Waals surface area contributed by atoms with Gasteiger partial charge in [0.15, 0.2) is 0 Å². The summed E-state index contributed by atoms with van der Waals surface area (Å²) in [5.74, 6) is -0.120. The molecule has 2 rings (SSSR count). The lowest BCUT2D eigenvalue weighted by Gasteiger charge is -2.09. The smallest absolute Gasteiger partial charge is 0.261 e. The molecule has 0 saturated carbocycles. The number of hydrogen-bond donors (Lipinski definition) is 2. The van der Waals surface area contributed by atoms with Crippen molar-refractivity contribution in [1.82, 2.24) is 5.32 Å². The summed E-state index contributed by atoms with van der Waals surface area (Å²) in [6.07, 6.45) is -0.637. The predicted octanol–water partition coefficient (Wildman–Crippen LogP) is 2.89. The maximum absolute atomic E-state index is 11.9. The van der Waals surface area contributed by atoms with Crippen LogP contribution in [0.1, 0.15) is 31.8 Å². The number of carbonyl (C=O) groups is 1. The molecule has 0 aliphatic heterocycles.